The van der Waals surface area contributed by atoms with Gasteiger partial charge < -0.3 is 19.2 Å². The maximum absolute atomic E-state index is 10.8. The Labute approximate surface area is 247 Å². The van der Waals surface area contributed by atoms with E-state index in [1.807, 2.05) is 0 Å². The van der Waals surface area contributed by atoms with E-state index in [1.54, 1.807) is 0 Å². The third-order valence-electron chi connectivity index (χ3n) is 8.54. The highest BCUT2D eigenvalue weighted by molar-refractivity contribution is 5.14. The first-order chi connectivity index (χ1) is 19.3. The zero-order chi connectivity index (χ0) is 29.1. The molecule has 0 aliphatic carbocycles. The van der Waals surface area contributed by atoms with Gasteiger partial charge in [0.2, 0.25) is 0 Å². The van der Waals surface area contributed by atoms with Gasteiger partial charge in [0.1, 0.15) is 38.4 Å². The molecule has 0 aliphatic heterocycles. The molecule has 0 spiro atoms. The van der Waals surface area contributed by atoms with Gasteiger partial charge in [-0.1, -0.05) is 113 Å². The van der Waals surface area contributed by atoms with Crippen LogP contribution in [0.2, 0.25) is 0 Å². The molecule has 2 aromatic rings. The Kier molecular flexibility index (Phi) is 16.7. The van der Waals surface area contributed by atoms with E-state index in [0.29, 0.717) is 0 Å². The molecule has 4 heteroatoms. The number of unbranched alkanes of at least 4 members (excludes halogenated alkanes) is 7. The predicted octanol–water partition coefficient (Wildman–Crippen LogP) is 7.72. The topological polar surface area (TPSA) is 40.5 Å². The number of likely N-dealkylation sites (N-methyl/N-ethyl adjacent to an activating group) is 2. The van der Waals surface area contributed by atoms with Crippen molar-refractivity contribution in [2.75, 3.05) is 40.3 Å². The minimum atomic E-state index is -0.222. The molecule has 2 aromatic carbocycles. The van der Waals surface area contributed by atoms with Gasteiger partial charge in [-0.2, -0.15) is 0 Å². The number of quaternary nitrogens is 2. The smallest absolute Gasteiger partial charge is 0.105 e. The largest absolute Gasteiger partial charge is 0.387 e. The lowest BCUT2D eigenvalue weighted by atomic mass is 10.1. The lowest BCUT2D eigenvalue weighted by Crippen LogP contribution is -2.49. The summed E-state index contributed by atoms with van der Waals surface area (Å²) in [5.74, 6) is 0. The fraction of sp³-hybridized carbons (Fsp3) is 0.667. The number of hydrogen-bond acceptors (Lipinski definition) is 2. The summed E-state index contributed by atoms with van der Waals surface area (Å²) in [5.41, 5.74) is 2.72. The molecule has 2 rings (SSSR count). The molecule has 0 aromatic heterocycles. The van der Waals surface area contributed by atoms with Crippen LogP contribution in [0.15, 0.2) is 60.7 Å². The molecule has 0 saturated heterocycles. The van der Waals surface area contributed by atoms with Crippen LogP contribution in [0.1, 0.15) is 102 Å². The summed E-state index contributed by atoms with van der Waals surface area (Å²) in [5, 5.41) is 21.7. The van der Waals surface area contributed by atoms with E-state index >= 15 is 0 Å². The molecule has 4 nitrogen and oxygen atoms in total. The van der Waals surface area contributed by atoms with Gasteiger partial charge >= 0.3 is 0 Å². The predicted molar refractivity (Wildman–Crippen MR) is 171 cm³/mol. The lowest BCUT2D eigenvalue weighted by molar-refractivity contribution is -0.926. The molecule has 0 bridgehead atoms. The molecule has 0 amide bonds. The van der Waals surface area contributed by atoms with Gasteiger partial charge in [0.05, 0.1) is 27.2 Å². The van der Waals surface area contributed by atoms with Crippen molar-refractivity contribution in [2.24, 2.45) is 0 Å². The molecule has 40 heavy (non-hydrogen) atoms. The molecule has 0 radical (unpaired) electrons. The summed E-state index contributed by atoms with van der Waals surface area (Å²) < 4.78 is 1.81. The maximum Gasteiger partial charge on any atom is 0.105 e. The molecule has 0 heterocycles. The maximum atomic E-state index is 10.8. The molecule has 4 unspecified atom stereocenters. The summed E-state index contributed by atoms with van der Waals surface area (Å²) in [6, 6.07) is 21.6. The van der Waals surface area contributed by atoms with Gasteiger partial charge in [-0.15, -0.1) is 0 Å². The van der Waals surface area contributed by atoms with Crippen LogP contribution >= 0.6 is 0 Å². The Hall–Kier alpha value is -1.72. The van der Waals surface area contributed by atoms with E-state index in [9.17, 15) is 10.2 Å². The van der Waals surface area contributed by atoms with E-state index in [0.717, 1.165) is 73.9 Å². The second kappa shape index (κ2) is 19.4. The van der Waals surface area contributed by atoms with Crippen LogP contribution in [0.4, 0.5) is 0 Å². The number of hydrogen-bond donors (Lipinski definition) is 2. The molecule has 0 fully saturated rings. The normalized spacial score (nSPS) is 16.2. The first-order valence-corrected chi connectivity index (χ1v) is 16.4. The van der Waals surface area contributed by atoms with E-state index < -0.39 is 0 Å². The summed E-state index contributed by atoms with van der Waals surface area (Å²) in [7, 11) is 4.67. The van der Waals surface area contributed by atoms with Crippen molar-refractivity contribution < 1.29 is 19.2 Å². The summed E-state index contributed by atoms with van der Waals surface area (Å²) in [6.45, 7) is 10.3. The molecule has 4 atom stereocenters. The van der Waals surface area contributed by atoms with Gasteiger partial charge in [0.25, 0.3) is 0 Å². The number of aliphatic hydroxyl groups excluding tert-OH is 2. The van der Waals surface area contributed by atoms with Crippen molar-refractivity contribution in [3.8, 4) is 0 Å². The van der Waals surface area contributed by atoms with Crippen LogP contribution in [0, 0.1) is 0 Å². The van der Waals surface area contributed by atoms with E-state index in [2.05, 4.69) is 88.6 Å². The monoisotopic (exact) mass is 554 g/mol. The zero-order valence-corrected chi connectivity index (χ0v) is 26.4. The highest BCUT2D eigenvalue weighted by Crippen LogP contribution is 2.20. The Bertz CT molecular complexity index is 803. The minimum Gasteiger partial charge on any atom is -0.387 e. The van der Waals surface area contributed by atoms with Gasteiger partial charge in [-0.3, -0.25) is 0 Å². The average molecular weight is 555 g/mol. The van der Waals surface area contributed by atoms with Gasteiger partial charge in [-0.25, -0.2) is 0 Å². The van der Waals surface area contributed by atoms with Gasteiger partial charge in [0.15, 0.2) is 0 Å². The SMILES string of the molecule is CCCCCC(O)C[N+](C)(CCCCCC[N+](C)(Cc1ccccc1)CC(O)CCCCC)Cc1ccccc1. The second-order valence-corrected chi connectivity index (χ2v) is 13.1. The molecular weight excluding hydrogens is 492 g/mol. The third kappa shape index (κ3) is 14.8. The summed E-state index contributed by atoms with van der Waals surface area (Å²) in [4.78, 5) is 0. The molecule has 0 saturated carbocycles. The number of benzene rings is 2. The van der Waals surface area contributed by atoms with Gasteiger partial charge in [0, 0.05) is 11.1 Å². The van der Waals surface area contributed by atoms with Crippen molar-refractivity contribution in [3.05, 3.63) is 71.8 Å². The Morgan fingerprint density at radius 3 is 1.25 bits per heavy atom. The van der Waals surface area contributed by atoms with Crippen LogP contribution in [-0.2, 0) is 13.1 Å². The second-order valence-electron chi connectivity index (χ2n) is 13.1. The first kappa shape index (κ1) is 34.5. The van der Waals surface area contributed by atoms with Crippen molar-refractivity contribution >= 4 is 0 Å². The highest BCUT2D eigenvalue weighted by Gasteiger charge is 2.27. The highest BCUT2D eigenvalue weighted by atomic mass is 16.3. The average Bonchev–Trinajstić information content (AvgIpc) is 2.92. The quantitative estimate of drug-likeness (QED) is 0.109. The van der Waals surface area contributed by atoms with Crippen LogP contribution in [-0.4, -0.2) is 71.7 Å². The first-order valence-electron chi connectivity index (χ1n) is 16.4. The lowest BCUT2D eigenvalue weighted by Gasteiger charge is -2.37. The van der Waals surface area contributed by atoms with E-state index in [-0.39, 0.29) is 12.2 Å². The zero-order valence-electron chi connectivity index (χ0n) is 26.4. The Morgan fingerprint density at radius 1 is 0.525 bits per heavy atom. The van der Waals surface area contributed by atoms with Crippen LogP contribution in [0.3, 0.4) is 0 Å². The standard InChI is InChI=1S/C36H62N2O2/c1-5-7-13-25-35(39)31-37(3,29-33-21-15-11-16-22-33)27-19-9-10-20-28-38(4,30-34-23-17-12-18-24-34)32-36(40)26-14-8-6-2/h11-12,15-18,21-24,35-36,39-40H,5-10,13-14,19-20,25-32H2,1-4H3/q+2. The number of rotatable bonds is 23. The number of nitrogens with zero attached hydrogens (tertiary/aromatic N) is 2. The Balaban J connectivity index is 1.88. The molecule has 0 aliphatic rings. The fourth-order valence-electron chi connectivity index (χ4n) is 6.32. The molecule has 226 valence electrons. The van der Waals surface area contributed by atoms with Crippen LogP contribution in [0.5, 0.6) is 0 Å². The Morgan fingerprint density at radius 2 is 0.900 bits per heavy atom. The minimum absolute atomic E-state index is 0.222. The molecular formula is C36H62N2O2+2. The number of aliphatic hydroxyl groups is 2. The van der Waals surface area contributed by atoms with Crippen molar-refractivity contribution in [1.29, 1.82) is 0 Å². The van der Waals surface area contributed by atoms with Crippen molar-refractivity contribution in [1.82, 2.24) is 0 Å². The van der Waals surface area contributed by atoms with Crippen LogP contribution < -0.4 is 0 Å². The van der Waals surface area contributed by atoms with Gasteiger partial charge in [-0.05, 0) is 38.5 Å². The van der Waals surface area contributed by atoms with Crippen LogP contribution in [0.25, 0.3) is 0 Å². The van der Waals surface area contributed by atoms with Crippen molar-refractivity contribution in [3.63, 3.8) is 0 Å². The summed E-state index contributed by atoms with van der Waals surface area (Å²) in [6.07, 6.45) is 13.3. The molecule has 2 N–H and O–H groups in total. The van der Waals surface area contributed by atoms with E-state index in [1.165, 1.54) is 62.5 Å². The summed E-state index contributed by atoms with van der Waals surface area (Å²) >= 11 is 0. The van der Waals surface area contributed by atoms with E-state index in [4.69, 9.17) is 0 Å². The third-order valence-corrected chi connectivity index (χ3v) is 8.54. The van der Waals surface area contributed by atoms with Crippen molar-refractivity contribution in [2.45, 2.75) is 116 Å². The fourth-order valence-corrected chi connectivity index (χ4v) is 6.32.